The van der Waals surface area contributed by atoms with E-state index in [2.05, 4.69) is 25.6 Å². The van der Waals surface area contributed by atoms with Crippen LogP contribution in [-0.2, 0) is 4.79 Å². The van der Waals surface area contributed by atoms with Crippen LogP contribution in [0, 0.1) is 17.8 Å². The molecule has 34 heavy (non-hydrogen) atoms. The van der Waals surface area contributed by atoms with E-state index in [0.29, 0.717) is 23.0 Å². The molecular weight excluding hydrogens is 426 g/mol. The Kier molecular flexibility index (Phi) is 5.09. The van der Waals surface area contributed by atoms with Gasteiger partial charge in [0.2, 0.25) is 5.91 Å². The third-order valence-electron chi connectivity index (χ3n) is 7.18. The number of pyridine rings is 1. The van der Waals surface area contributed by atoms with Crippen LogP contribution in [0.1, 0.15) is 36.0 Å². The zero-order chi connectivity index (χ0) is 23.1. The smallest absolute Gasteiger partial charge is 0.255 e. The van der Waals surface area contributed by atoms with Crippen molar-refractivity contribution in [3.05, 3.63) is 72.6 Å². The molecule has 3 unspecified atom stereocenters. The summed E-state index contributed by atoms with van der Waals surface area (Å²) in [6.45, 7) is 0. The van der Waals surface area contributed by atoms with Crippen molar-refractivity contribution >= 4 is 34.2 Å². The van der Waals surface area contributed by atoms with E-state index in [1.54, 1.807) is 36.7 Å². The molecule has 0 radical (unpaired) electrons. The molecule has 7 nitrogen and oxygen atoms in total. The Morgan fingerprint density at radius 3 is 2.41 bits per heavy atom. The minimum absolute atomic E-state index is 0.154. The number of fused-ring (bicyclic) bond motifs is 3. The lowest BCUT2D eigenvalue weighted by atomic mass is 9.88. The van der Waals surface area contributed by atoms with Crippen LogP contribution in [0.4, 0.5) is 11.4 Å². The minimum atomic E-state index is -0.195. The van der Waals surface area contributed by atoms with Crippen molar-refractivity contribution in [3.63, 3.8) is 0 Å². The summed E-state index contributed by atoms with van der Waals surface area (Å²) in [6.07, 6.45) is 8.01. The van der Waals surface area contributed by atoms with Gasteiger partial charge in [0.25, 0.3) is 5.91 Å². The summed E-state index contributed by atoms with van der Waals surface area (Å²) in [7, 11) is 0. The first-order chi connectivity index (χ1) is 16.6. The molecule has 2 aliphatic carbocycles. The van der Waals surface area contributed by atoms with Crippen LogP contribution in [0.15, 0.2) is 67.0 Å². The normalized spacial score (nSPS) is 21.0. The van der Waals surface area contributed by atoms with Crippen molar-refractivity contribution in [2.24, 2.45) is 17.8 Å². The number of amides is 2. The van der Waals surface area contributed by atoms with Gasteiger partial charge in [-0.05, 0) is 85.7 Å². The third kappa shape index (κ3) is 3.94. The molecule has 0 spiro atoms. The van der Waals surface area contributed by atoms with E-state index in [9.17, 15) is 9.59 Å². The number of aromatic nitrogens is 3. The molecule has 2 aromatic carbocycles. The van der Waals surface area contributed by atoms with Gasteiger partial charge in [-0.1, -0.05) is 6.42 Å². The molecule has 2 bridgehead atoms. The van der Waals surface area contributed by atoms with Gasteiger partial charge in [-0.25, -0.2) is 4.98 Å². The van der Waals surface area contributed by atoms with Gasteiger partial charge in [-0.15, -0.1) is 0 Å². The highest BCUT2D eigenvalue weighted by molar-refractivity contribution is 6.06. The second-order valence-corrected chi connectivity index (χ2v) is 9.36. The van der Waals surface area contributed by atoms with E-state index in [4.69, 9.17) is 0 Å². The molecule has 3 atom stereocenters. The maximum atomic E-state index is 12.7. The lowest BCUT2D eigenvalue weighted by Gasteiger charge is -2.20. The van der Waals surface area contributed by atoms with E-state index in [1.807, 2.05) is 30.3 Å². The van der Waals surface area contributed by atoms with E-state index in [0.717, 1.165) is 34.6 Å². The first kappa shape index (κ1) is 20.6. The van der Waals surface area contributed by atoms with Gasteiger partial charge in [0.05, 0.1) is 11.0 Å². The highest BCUT2D eigenvalue weighted by Crippen LogP contribution is 2.48. The second-order valence-electron chi connectivity index (χ2n) is 9.36. The third-order valence-corrected chi connectivity index (χ3v) is 7.18. The van der Waals surface area contributed by atoms with Gasteiger partial charge in [0.1, 0.15) is 5.82 Å². The summed E-state index contributed by atoms with van der Waals surface area (Å²) in [5.41, 5.74) is 4.52. The number of nitrogens with zero attached hydrogens (tertiary/aromatic N) is 2. The zero-order valence-electron chi connectivity index (χ0n) is 18.6. The van der Waals surface area contributed by atoms with Crippen molar-refractivity contribution in [1.29, 1.82) is 0 Å². The number of hydrogen-bond acceptors (Lipinski definition) is 4. The van der Waals surface area contributed by atoms with Crippen LogP contribution in [-0.4, -0.2) is 26.8 Å². The molecule has 2 heterocycles. The lowest BCUT2D eigenvalue weighted by Crippen LogP contribution is -2.27. The monoisotopic (exact) mass is 451 g/mol. The summed E-state index contributed by atoms with van der Waals surface area (Å²) in [5.74, 6) is 2.16. The summed E-state index contributed by atoms with van der Waals surface area (Å²) < 4.78 is 0. The molecule has 2 aromatic heterocycles. The maximum Gasteiger partial charge on any atom is 0.255 e. The number of H-pyrrole nitrogens is 1. The van der Waals surface area contributed by atoms with Crippen molar-refractivity contribution in [2.45, 2.75) is 25.7 Å². The minimum Gasteiger partial charge on any atom is -0.338 e. The lowest BCUT2D eigenvalue weighted by molar-refractivity contribution is -0.121. The van der Waals surface area contributed by atoms with Gasteiger partial charge in [0.15, 0.2) is 0 Å². The van der Waals surface area contributed by atoms with Crippen LogP contribution in [0.3, 0.4) is 0 Å². The van der Waals surface area contributed by atoms with Crippen molar-refractivity contribution < 1.29 is 9.59 Å². The second kappa shape index (κ2) is 8.41. The number of aromatic amines is 1. The number of carbonyl (C=O) groups is 2. The van der Waals surface area contributed by atoms with Gasteiger partial charge >= 0.3 is 0 Å². The standard InChI is InChI=1S/C27H25N5O2/c33-26(29-21-9-11-28-12-10-21)19-5-8-23-24(15-19)32-25(31-23)17-3-6-20(7-4-17)30-27(34)22-14-16-1-2-18(22)13-16/h3-12,15-16,18,22H,1-2,13-14H2,(H,30,34)(H,31,32)(H,28,29,33). The molecule has 0 aliphatic heterocycles. The molecule has 2 saturated carbocycles. The van der Waals surface area contributed by atoms with Gasteiger partial charge in [-0.2, -0.15) is 0 Å². The van der Waals surface area contributed by atoms with Gasteiger partial charge < -0.3 is 15.6 Å². The Morgan fingerprint density at radius 2 is 1.68 bits per heavy atom. The van der Waals surface area contributed by atoms with Crippen molar-refractivity contribution in [1.82, 2.24) is 15.0 Å². The summed E-state index contributed by atoms with van der Waals surface area (Å²) in [6, 6.07) is 16.6. The molecule has 2 amide bonds. The maximum absolute atomic E-state index is 12.7. The van der Waals surface area contributed by atoms with Gasteiger partial charge in [0, 0.05) is 40.8 Å². The van der Waals surface area contributed by atoms with Crippen molar-refractivity contribution in [3.8, 4) is 11.4 Å². The Morgan fingerprint density at radius 1 is 0.882 bits per heavy atom. The Labute approximate surface area is 197 Å². The Balaban J connectivity index is 1.16. The quantitative estimate of drug-likeness (QED) is 0.386. The SMILES string of the molecule is O=C(Nc1ccncc1)c1ccc2nc(-c3ccc(NC(=O)C4CC5CCC4C5)cc3)[nH]c2c1. The van der Waals surface area contributed by atoms with Crippen LogP contribution in [0.5, 0.6) is 0 Å². The van der Waals surface area contributed by atoms with Crippen molar-refractivity contribution in [2.75, 3.05) is 10.6 Å². The van der Waals surface area contributed by atoms with Crippen LogP contribution < -0.4 is 10.6 Å². The fraction of sp³-hybridized carbons (Fsp3) is 0.259. The first-order valence-corrected chi connectivity index (χ1v) is 11.7. The van der Waals surface area contributed by atoms with E-state index >= 15 is 0 Å². The molecule has 4 aromatic rings. The Hall–Kier alpha value is -4.00. The molecule has 3 N–H and O–H groups in total. The molecular formula is C27H25N5O2. The number of benzene rings is 2. The molecule has 6 rings (SSSR count). The molecule has 0 saturated heterocycles. The number of rotatable bonds is 5. The average molecular weight is 452 g/mol. The van der Waals surface area contributed by atoms with Crippen LogP contribution in [0.2, 0.25) is 0 Å². The van der Waals surface area contributed by atoms with Crippen LogP contribution in [0.25, 0.3) is 22.4 Å². The largest absolute Gasteiger partial charge is 0.338 e. The van der Waals surface area contributed by atoms with E-state index in [-0.39, 0.29) is 17.7 Å². The Bertz CT molecular complexity index is 1360. The van der Waals surface area contributed by atoms with E-state index in [1.165, 1.54) is 19.3 Å². The van der Waals surface area contributed by atoms with Crippen LogP contribution >= 0.6 is 0 Å². The molecule has 170 valence electrons. The zero-order valence-corrected chi connectivity index (χ0v) is 18.6. The molecule has 7 heteroatoms. The highest BCUT2D eigenvalue weighted by atomic mass is 16.2. The summed E-state index contributed by atoms with van der Waals surface area (Å²) in [4.78, 5) is 37.2. The highest BCUT2D eigenvalue weighted by Gasteiger charge is 2.43. The average Bonchev–Trinajstić information content (AvgIpc) is 3.60. The first-order valence-electron chi connectivity index (χ1n) is 11.7. The number of anilines is 2. The van der Waals surface area contributed by atoms with E-state index < -0.39 is 0 Å². The fourth-order valence-electron chi connectivity index (χ4n) is 5.44. The predicted octanol–water partition coefficient (Wildman–Crippen LogP) is 5.25. The molecule has 2 fully saturated rings. The summed E-state index contributed by atoms with van der Waals surface area (Å²) >= 11 is 0. The van der Waals surface area contributed by atoms with Gasteiger partial charge in [-0.3, -0.25) is 14.6 Å². The predicted molar refractivity (Wildman–Crippen MR) is 131 cm³/mol. The number of imidazole rings is 1. The fourth-order valence-corrected chi connectivity index (χ4v) is 5.44. The topological polar surface area (TPSA) is 99.8 Å². The number of carbonyl (C=O) groups excluding carboxylic acids is 2. The summed E-state index contributed by atoms with van der Waals surface area (Å²) in [5, 5.41) is 5.96. The molecule has 2 aliphatic rings. The number of nitrogens with one attached hydrogen (secondary N) is 3. The number of hydrogen-bond donors (Lipinski definition) is 3.